The molecule has 1 unspecified atom stereocenters. The average molecular weight is 683 g/mol. The summed E-state index contributed by atoms with van der Waals surface area (Å²) in [7, 11) is 0. The van der Waals surface area contributed by atoms with Crippen molar-refractivity contribution in [2.24, 2.45) is 5.92 Å². The van der Waals surface area contributed by atoms with Crippen LogP contribution >= 0.6 is 0 Å². The summed E-state index contributed by atoms with van der Waals surface area (Å²) in [5.41, 5.74) is 5.96. The van der Waals surface area contributed by atoms with E-state index in [2.05, 4.69) is 60.3 Å². The molecule has 1 atom stereocenters. The third-order valence-electron chi connectivity index (χ3n) is 11.1. The van der Waals surface area contributed by atoms with Gasteiger partial charge in [0.15, 0.2) is 0 Å². The molecule has 9 rings (SSSR count). The molecule has 2 N–H and O–H groups in total. The zero-order chi connectivity index (χ0) is 34.6. The Labute approximate surface area is 294 Å². The number of carbonyl (C=O) groups excluding carboxylic acids is 4. The highest BCUT2D eigenvalue weighted by Gasteiger charge is 2.44. The predicted octanol–water partition coefficient (Wildman–Crippen LogP) is 4.22. The molecule has 3 aromatic heterocycles. The Kier molecular flexibility index (Phi) is 7.76. The number of H-pyrrole nitrogens is 1. The number of piperidine rings is 2. The first-order chi connectivity index (χ1) is 24.9. The zero-order valence-corrected chi connectivity index (χ0v) is 28.2. The molecule has 3 fully saturated rings. The molecule has 5 aromatic rings. The van der Waals surface area contributed by atoms with Gasteiger partial charge in [-0.15, -0.1) is 0 Å². The van der Waals surface area contributed by atoms with Crippen LogP contribution in [0.3, 0.4) is 0 Å². The molecule has 7 heterocycles. The Morgan fingerprint density at radius 3 is 2.29 bits per heavy atom. The van der Waals surface area contributed by atoms with Crippen LogP contribution in [0, 0.1) is 5.92 Å². The fourth-order valence-corrected chi connectivity index (χ4v) is 8.22. The first-order valence-electron chi connectivity index (χ1n) is 17.8. The maximum atomic E-state index is 13.3. The fraction of sp³-hybridized carbons (Fsp3) is 0.333. The Bertz CT molecular complexity index is 2200. The van der Waals surface area contributed by atoms with Crippen molar-refractivity contribution < 1.29 is 19.2 Å². The number of aromatic amines is 1. The van der Waals surface area contributed by atoms with Gasteiger partial charge in [-0.3, -0.25) is 39.3 Å². The summed E-state index contributed by atoms with van der Waals surface area (Å²) in [5.74, 6) is -0.260. The van der Waals surface area contributed by atoms with E-state index < -0.39 is 23.8 Å². The number of hydrogen-bond acceptors (Lipinski definition) is 9. The second-order valence-corrected chi connectivity index (χ2v) is 14.1. The van der Waals surface area contributed by atoms with E-state index >= 15 is 0 Å². The molecule has 0 bridgehead atoms. The molecule has 4 aliphatic rings. The highest BCUT2D eigenvalue weighted by Crippen LogP contribution is 2.33. The lowest BCUT2D eigenvalue weighted by atomic mass is 9.95. The van der Waals surface area contributed by atoms with Crippen molar-refractivity contribution in [3.05, 3.63) is 84.3 Å². The van der Waals surface area contributed by atoms with Crippen LogP contribution in [-0.2, 0) is 9.59 Å². The van der Waals surface area contributed by atoms with Crippen molar-refractivity contribution in [3.63, 3.8) is 0 Å². The number of anilines is 2. The van der Waals surface area contributed by atoms with Gasteiger partial charge in [0.1, 0.15) is 11.9 Å². The van der Waals surface area contributed by atoms with E-state index in [1.54, 1.807) is 12.1 Å². The first kappa shape index (κ1) is 31.4. The number of pyridine rings is 2. The topological polar surface area (TPSA) is 135 Å². The lowest BCUT2D eigenvalue weighted by Gasteiger charge is -2.40. The molecule has 12 nitrogen and oxygen atoms in total. The van der Waals surface area contributed by atoms with E-state index in [0.717, 1.165) is 103 Å². The number of nitrogens with zero attached hydrogens (tertiary/aromatic N) is 6. The standard InChI is InChI=1S/C39H38N8O4/c48-36-8-6-34(37(49)43-36)47-38(50)29-5-3-27(20-30(29)39(47)51)45-17-15-44(16-18-45)23-24-10-13-46(14-11-24)35-7-2-26(21-41-35)25-1-4-28-31-22-40-12-9-32(31)42-33(28)19-25/h1-5,7,9,12,19-22,24,34,42H,6,8,10-11,13-18,23H2,(H,43,48,49). The largest absolute Gasteiger partial charge is 0.369 e. The third kappa shape index (κ3) is 5.69. The molecule has 51 heavy (non-hydrogen) atoms. The van der Waals surface area contributed by atoms with Crippen LogP contribution in [-0.4, -0.2) is 100 Å². The van der Waals surface area contributed by atoms with E-state index in [9.17, 15) is 19.2 Å². The minimum Gasteiger partial charge on any atom is -0.369 e. The Hall–Kier alpha value is -5.62. The van der Waals surface area contributed by atoms with Gasteiger partial charge in [-0.2, -0.15) is 0 Å². The number of carbonyl (C=O) groups is 4. The second kappa shape index (κ2) is 12.6. The van der Waals surface area contributed by atoms with Gasteiger partial charge in [0.2, 0.25) is 11.8 Å². The molecule has 4 amide bonds. The minimum absolute atomic E-state index is 0.105. The summed E-state index contributed by atoms with van der Waals surface area (Å²) in [6, 6.07) is 17.2. The molecule has 0 radical (unpaired) electrons. The highest BCUT2D eigenvalue weighted by atomic mass is 16.2. The summed E-state index contributed by atoms with van der Waals surface area (Å²) in [6.45, 7) is 6.56. The summed E-state index contributed by atoms with van der Waals surface area (Å²) >= 11 is 0. The van der Waals surface area contributed by atoms with E-state index in [1.807, 2.05) is 30.7 Å². The van der Waals surface area contributed by atoms with Crippen molar-refractivity contribution in [2.45, 2.75) is 31.7 Å². The molecule has 0 spiro atoms. The van der Waals surface area contributed by atoms with Crippen molar-refractivity contribution in [2.75, 3.05) is 55.6 Å². The lowest BCUT2D eigenvalue weighted by molar-refractivity contribution is -0.136. The first-order valence-corrected chi connectivity index (χ1v) is 17.8. The summed E-state index contributed by atoms with van der Waals surface area (Å²) in [5, 5.41) is 4.56. The molecular weight excluding hydrogens is 644 g/mol. The number of amides is 4. The zero-order valence-electron chi connectivity index (χ0n) is 28.2. The van der Waals surface area contributed by atoms with E-state index in [1.165, 1.54) is 5.39 Å². The van der Waals surface area contributed by atoms with E-state index in [4.69, 9.17) is 4.98 Å². The van der Waals surface area contributed by atoms with Crippen LogP contribution < -0.4 is 15.1 Å². The van der Waals surface area contributed by atoms with Crippen LogP contribution in [0.25, 0.3) is 32.9 Å². The number of nitrogens with one attached hydrogen (secondary N) is 2. The summed E-state index contributed by atoms with van der Waals surface area (Å²) < 4.78 is 0. The van der Waals surface area contributed by atoms with Crippen LogP contribution in [0.4, 0.5) is 11.5 Å². The number of piperazine rings is 1. The van der Waals surface area contributed by atoms with Gasteiger partial charge in [0, 0.05) is 104 Å². The number of fused-ring (bicyclic) bond motifs is 4. The predicted molar refractivity (Wildman–Crippen MR) is 194 cm³/mol. The molecule has 12 heteroatoms. The third-order valence-corrected chi connectivity index (χ3v) is 11.1. The van der Waals surface area contributed by atoms with Crippen LogP contribution in [0.15, 0.2) is 73.2 Å². The van der Waals surface area contributed by atoms with Gasteiger partial charge in [-0.1, -0.05) is 12.1 Å². The van der Waals surface area contributed by atoms with Crippen LogP contribution in [0.5, 0.6) is 0 Å². The number of benzene rings is 2. The maximum absolute atomic E-state index is 13.3. The molecule has 4 aliphatic heterocycles. The number of rotatable bonds is 6. The van der Waals surface area contributed by atoms with Crippen LogP contribution in [0.2, 0.25) is 0 Å². The monoisotopic (exact) mass is 682 g/mol. The molecule has 0 saturated carbocycles. The number of hydrogen-bond donors (Lipinski definition) is 2. The SMILES string of the molecule is O=C1CCC(N2C(=O)c3ccc(N4CCN(CC5CCN(c6ccc(-c7ccc8c(c7)[nH]c7ccncc78)cn6)CC5)CC4)cc3C2=O)C(=O)N1. The average Bonchev–Trinajstić information content (AvgIpc) is 3.65. The van der Waals surface area contributed by atoms with Crippen molar-refractivity contribution >= 4 is 56.9 Å². The number of aromatic nitrogens is 3. The fourth-order valence-electron chi connectivity index (χ4n) is 8.22. The summed E-state index contributed by atoms with van der Waals surface area (Å²) in [4.78, 5) is 71.3. The van der Waals surface area contributed by atoms with Gasteiger partial charge in [0.25, 0.3) is 11.8 Å². The van der Waals surface area contributed by atoms with Crippen LogP contribution in [0.1, 0.15) is 46.4 Å². The van der Waals surface area contributed by atoms with Crippen molar-refractivity contribution in [3.8, 4) is 11.1 Å². The van der Waals surface area contributed by atoms with Gasteiger partial charge < -0.3 is 14.8 Å². The normalized spacial score (nSPS) is 20.5. The lowest BCUT2D eigenvalue weighted by Crippen LogP contribution is -2.54. The Morgan fingerprint density at radius 1 is 0.706 bits per heavy atom. The molecule has 3 saturated heterocycles. The summed E-state index contributed by atoms with van der Waals surface area (Å²) in [6.07, 6.45) is 8.20. The highest BCUT2D eigenvalue weighted by molar-refractivity contribution is 6.23. The molecule has 0 aliphatic carbocycles. The molecule has 2 aromatic carbocycles. The van der Waals surface area contributed by atoms with Crippen molar-refractivity contribution in [1.82, 2.24) is 30.1 Å². The second-order valence-electron chi connectivity index (χ2n) is 14.1. The van der Waals surface area contributed by atoms with E-state index in [-0.39, 0.29) is 18.7 Å². The van der Waals surface area contributed by atoms with Gasteiger partial charge in [0.05, 0.1) is 11.1 Å². The maximum Gasteiger partial charge on any atom is 0.262 e. The van der Waals surface area contributed by atoms with E-state index in [0.29, 0.717) is 17.0 Å². The minimum atomic E-state index is -0.956. The van der Waals surface area contributed by atoms with Gasteiger partial charge in [-0.25, -0.2) is 4.98 Å². The molecular formula is C39H38N8O4. The number of imide groups is 2. The quantitative estimate of drug-likeness (QED) is 0.253. The van der Waals surface area contributed by atoms with Gasteiger partial charge >= 0.3 is 0 Å². The Balaban J connectivity index is 0.770. The van der Waals surface area contributed by atoms with Crippen molar-refractivity contribution in [1.29, 1.82) is 0 Å². The smallest absolute Gasteiger partial charge is 0.262 e. The Morgan fingerprint density at radius 2 is 1.51 bits per heavy atom. The molecule has 258 valence electrons. The van der Waals surface area contributed by atoms with Gasteiger partial charge in [-0.05, 0) is 73.2 Å².